The van der Waals surface area contributed by atoms with Crippen LogP contribution in [0.5, 0.6) is 11.5 Å². The Kier molecular flexibility index (Phi) is 3.70. The van der Waals surface area contributed by atoms with E-state index in [1.807, 2.05) is 30.3 Å². The van der Waals surface area contributed by atoms with E-state index in [-0.39, 0.29) is 5.56 Å². The van der Waals surface area contributed by atoms with Crippen molar-refractivity contribution in [1.29, 1.82) is 0 Å². The first kappa shape index (κ1) is 14.0. The van der Waals surface area contributed by atoms with E-state index in [0.29, 0.717) is 12.4 Å². The van der Waals surface area contributed by atoms with Crippen molar-refractivity contribution in [2.24, 2.45) is 0 Å². The van der Waals surface area contributed by atoms with Crippen LogP contribution in [0.1, 0.15) is 16.1 Å². The Balaban J connectivity index is 1.77. The minimum Gasteiger partial charge on any atom is -0.497 e. The molecule has 1 aromatic heterocycles. The fourth-order valence-electron chi connectivity index (χ4n) is 2.25. The van der Waals surface area contributed by atoms with Crippen LogP contribution in [-0.2, 0) is 6.61 Å². The van der Waals surface area contributed by atoms with Crippen molar-refractivity contribution >= 4 is 16.9 Å². The fraction of sp³-hybridized carbons (Fsp3) is 0.118. The number of rotatable bonds is 5. The van der Waals surface area contributed by atoms with Crippen LogP contribution in [0.4, 0.5) is 0 Å². The van der Waals surface area contributed by atoms with Crippen molar-refractivity contribution in [3.63, 3.8) is 0 Å². The first-order valence-corrected chi connectivity index (χ1v) is 6.77. The number of H-pyrrole nitrogens is 1. The van der Waals surface area contributed by atoms with Gasteiger partial charge in [-0.3, -0.25) is 0 Å². The van der Waals surface area contributed by atoms with Crippen molar-refractivity contribution in [1.82, 2.24) is 4.98 Å². The zero-order valence-corrected chi connectivity index (χ0v) is 12.0. The van der Waals surface area contributed by atoms with Gasteiger partial charge in [-0.25, -0.2) is 4.79 Å². The molecular formula is C17H15NO4. The van der Waals surface area contributed by atoms with Crippen molar-refractivity contribution in [2.75, 3.05) is 7.11 Å². The van der Waals surface area contributed by atoms with Crippen molar-refractivity contribution in [3.8, 4) is 11.5 Å². The summed E-state index contributed by atoms with van der Waals surface area (Å²) in [6.45, 7) is 0.365. The minimum atomic E-state index is -0.939. The summed E-state index contributed by atoms with van der Waals surface area (Å²) in [4.78, 5) is 14.1. The number of carboxylic acids is 1. The molecule has 5 heteroatoms. The third kappa shape index (κ3) is 2.88. The maximum absolute atomic E-state index is 11.0. The maximum atomic E-state index is 11.0. The van der Waals surface area contributed by atoms with Gasteiger partial charge in [-0.15, -0.1) is 0 Å². The summed E-state index contributed by atoms with van der Waals surface area (Å²) in [5, 5.41) is 9.96. The fourth-order valence-corrected chi connectivity index (χ4v) is 2.25. The molecule has 22 heavy (non-hydrogen) atoms. The van der Waals surface area contributed by atoms with Gasteiger partial charge in [0.1, 0.15) is 18.1 Å². The molecule has 112 valence electrons. The number of methoxy groups -OCH3 is 1. The zero-order chi connectivity index (χ0) is 15.5. The van der Waals surface area contributed by atoms with E-state index in [0.717, 1.165) is 22.3 Å². The Morgan fingerprint density at radius 3 is 2.73 bits per heavy atom. The highest BCUT2D eigenvalue weighted by molar-refractivity contribution is 5.93. The van der Waals surface area contributed by atoms with Gasteiger partial charge in [-0.05, 0) is 35.7 Å². The molecule has 3 aromatic rings. The molecule has 0 saturated carbocycles. The summed E-state index contributed by atoms with van der Waals surface area (Å²) >= 11 is 0. The van der Waals surface area contributed by atoms with Gasteiger partial charge in [0.05, 0.1) is 18.4 Å². The normalized spacial score (nSPS) is 10.6. The van der Waals surface area contributed by atoms with Crippen LogP contribution in [-0.4, -0.2) is 23.2 Å². The number of hydrogen-bond acceptors (Lipinski definition) is 3. The smallest absolute Gasteiger partial charge is 0.335 e. The van der Waals surface area contributed by atoms with Gasteiger partial charge < -0.3 is 19.6 Å². The van der Waals surface area contributed by atoms with E-state index in [2.05, 4.69) is 4.98 Å². The van der Waals surface area contributed by atoms with Crippen molar-refractivity contribution in [3.05, 3.63) is 59.8 Å². The predicted octanol–water partition coefficient (Wildman–Crippen LogP) is 3.45. The molecule has 0 spiro atoms. The second-order valence-corrected chi connectivity index (χ2v) is 4.87. The second-order valence-electron chi connectivity index (χ2n) is 4.87. The maximum Gasteiger partial charge on any atom is 0.335 e. The third-order valence-corrected chi connectivity index (χ3v) is 3.36. The summed E-state index contributed by atoms with van der Waals surface area (Å²) in [7, 11) is 1.61. The third-order valence-electron chi connectivity index (χ3n) is 3.36. The number of aromatic carboxylic acids is 1. The second kappa shape index (κ2) is 5.81. The van der Waals surface area contributed by atoms with E-state index in [1.165, 1.54) is 0 Å². The Hall–Kier alpha value is -2.95. The number of aromatic nitrogens is 1. The van der Waals surface area contributed by atoms with E-state index < -0.39 is 5.97 Å². The van der Waals surface area contributed by atoms with Crippen LogP contribution in [0.3, 0.4) is 0 Å². The number of fused-ring (bicyclic) bond motifs is 1. The van der Waals surface area contributed by atoms with Gasteiger partial charge in [-0.1, -0.05) is 12.1 Å². The number of benzene rings is 2. The number of aromatic amines is 1. The van der Waals surface area contributed by atoms with Gasteiger partial charge in [0.15, 0.2) is 0 Å². The average molecular weight is 297 g/mol. The van der Waals surface area contributed by atoms with E-state index in [9.17, 15) is 4.79 Å². The Morgan fingerprint density at radius 1 is 1.14 bits per heavy atom. The molecule has 2 aromatic carbocycles. The van der Waals surface area contributed by atoms with Gasteiger partial charge in [0, 0.05) is 11.6 Å². The molecule has 2 N–H and O–H groups in total. The largest absolute Gasteiger partial charge is 0.497 e. The highest BCUT2D eigenvalue weighted by atomic mass is 16.5. The Bertz CT molecular complexity index is 822. The monoisotopic (exact) mass is 297 g/mol. The van der Waals surface area contributed by atoms with Gasteiger partial charge in [-0.2, -0.15) is 0 Å². The molecule has 0 fully saturated rings. The first-order chi connectivity index (χ1) is 10.7. The van der Waals surface area contributed by atoms with Crippen molar-refractivity contribution in [2.45, 2.75) is 6.61 Å². The lowest BCUT2D eigenvalue weighted by Gasteiger charge is -2.06. The molecule has 0 saturated heterocycles. The molecular weight excluding hydrogens is 282 g/mol. The lowest BCUT2D eigenvalue weighted by atomic mass is 10.2. The van der Waals surface area contributed by atoms with Crippen LogP contribution in [0.2, 0.25) is 0 Å². The van der Waals surface area contributed by atoms with Crippen LogP contribution in [0.15, 0.2) is 48.5 Å². The van der Waals surface area contributed by atoms with Crippen molar-refractivity contribution < 1.29 is 19.4 Å². The van der Waals surface area contributed by atoms with Crippen LogP contribution < -0.4 is 9.47 Å². The SMILES string of the molecule is COc1cccc(OCc2cc3ccc(C(=O)O)cc3[nH]2)c1. The quantitative estimate of drug-likeness (QED) is 0.756. The molecule has 5 nitrogen and oxygen atoms in total. The summed E-state index contributed by atoms with van der Waals surface area (Å²) in [5.74, 6) is 0.509. The summed E-state index contributed by atoms with van der Waals surface area (Å²) in [6, 6.07) is 14.3. The molecule has 0 atom stereocenters. The van der Waals surface area contributed by atoms with Gasteiger partial charge in [0.2, 0.25) is 0 Å². The summed E-state index contributed by atoms with van der Waals surface area (Å²) in [5.41, 5.74) is 1.92. The Labute approximate surface area is 127 Å². The summed E-state index contributed by atoms with van der Waals surface area (Å²) in [6.07, 6.45) is 0. The van der Waals surface area contributed by atoms with Gasteiger partial charge in [0.25, 0.3) is 0 Å². The van der Waals surface area contributed by atoms with Crippen LogP contribution >= 0.6 is 0 Å². The lowest BCUT2D eigenvalue weighted by molar-refractivity contribution is 0.0697. The first-order valence-electron chi connectivity index (χ1n) is 6.77. The van der Waals surface area contributed by atoms with E-state index >= 15 is 0 Å². The molecule has 0 amide bonds. The summed E-state index contributed by atoms with van der Waals surface area (Å²) < 4.78 is 10.9. The molecule has 1 heterocycles. The zero-order valence-electron chi connectivity index (χ0n) is 12.0. The average Bonchev–Trinajstić information content (AvgIpc) is 2.95. The predicted molar refractivity (Wildman–Crippen MR) is 82.6 cm³/mol. The lowest BCUT2D eigenvalue weighted by Crippen LogP contribution is -1.96. The molecule has 3 rings (SSSR count). The minimum absolute atomic E-state index is 0.259. The molecule has 0 aliphatic rings. The molecule has 0 aliphatic carbocycles. The number of carboxylic acid groups (broad SMARTS) is 1. The highest BCUT2D eigenvalue weighted by Crippen LogP contribution is 2.21. The molecule has 0 unspecified atom stereocenters. The standard InChI is InChI=1S/C17H15NO4/c1-21-14-3-2-4-15(9-14)22-10-13-7-11-5-6-12(17(19)20)8-16(11)18-13/h2-9,18H,10H2,1H3,(H,19,20). The van der Waals surface area contributed by atoms with Crippen LogP contribution in [0.25, 0.3) is 10.9 Å². The van der Waals surface area contributed by atoms with E-state index in [1.54, 1.807) is 25.3 Å². The number of ether oxygens (including phenoxy) is 2. The number of nitrogens with one attached hydrogen (secondary N) is 1. The Morgan fingerprint density at radius 2 is 1.95 bits per heavy atom. The number of carbonyl (C=O) groups is 1. The molecule has 0 aliphatic heterocycles. The number of hydrogen-bond donors (Lipinski definition) is 2. The topological polar surface area (TPSA) is 71.6 Å². The van der Waals surface area contributed by atoms with Crippen LogP contribution in [0, 0.1) is 0 Å². The molecule has 0 bridgehead atoms. The van der Waals surface area contributed by atoms with E-state index in [4.69, 9.17) is 14.6 Å². The molecule has 0 radical (unpaired) electrons. The van der Waals surface area contributed by atoms with Gasteiger partial charge >= 0.3 is 5.97 Å². The highest BCUT2D eigenvalue weighted by Gasteiger charge is 2.07.